The van der Waals surface area contributed by atoms with E-state index in [1.54, 1.807) is 36.4 Å². The van der Waals surface area contributed by atoms with Gasteiger partial charge in [0.05, 0.1) is 17.2 Å². The maximum Gasteiger partial charge on any atom is 0.295 e. The van der Waals surface area contributed by atoms with Crippen molar-refractivity contribution in [3.8, 4) is 11.4 Å². The Morgan fingerprint density at radius 1 is 1.24 bits per heavy atom. The second-order valence-corrected chi connectivity index (χ2v) is 8.87. The second-order valence-electron chi connectivity index (χ2n) is 8.43. The Labute approximate surface area is 201 Å². The van der Waals surface area contributed by atoms with Crippen LogP contribution in [0.3, 0.4) is 0 Å². The van der Waals surface area contributed by atoms with E-state index in [1.807, 2.05) is 4.90 Å². The molecule has 3 heterocycles. The van der Waals surface area contributed by atoms with Gasteiger partial charge in [0.25, 0.3) is 11.9 Å². The summed E-state index contributed by atoms with van der Waals surface area (Å²) in [6, 6.07) is 11.6. The van der Waals surface area contributed by atoms with Crippen molar-refractivity contribution in [1.29, 1.82) is 0 Å². The first kappa shape index (κ1) is 22.3. The van der Waals surface area contributed by atoms with E-state index in [1.165, 1.54) is 18.5 Å². The summed E-state index contributed by atoms with van der Waals surface area (Å²) in [6.07, 6.45) is 4.92. The minimum atomic E-state index is -0.526. The minimum absolute atomic E-state index is 0.119. The first-order chi connectivity index (χ1) is 16.5. The van der Waals surface area contributed by atoms with Gasteiger partial charge < -0.3 is 14.6 Å². The summed E-state index contributed by atoms with van der Waals surface area (Å²) in [5, 5.41) is 3.80. The molecule has 34 heavy (non-hydrogen) atoms. The summed E-state index contributed by atoms with van der Waals surface area (Å²) in [4.78, 5) is 28.3. The van der Waals surface area contributed by atoms with Gasteiger partial charge in [-0.3, -0.25) is 4.79 Å². The number of anilines is 1. The summed E-state index contributed by atoms with van der Waals surface area (Å²) in [7, 11) is 0. The van der Waals surface area contributed by atoms with Crippen molar-refractivity contribution in [3.05, 3.63) is 71.3 Å². The van der Waals surface area contributed by atoms with Crippen molar-refractivity contribution >= 4 is 34.6 Å². The zero-order valence-corrected chi connectivity index (χ0v) is 19.3. The SMILES string of the molecule is C[C@@H]1CCCN(C(=O)c2cccc(F)c2-c2ncccn2)[C@@H]1CNc1nc2ccc(Cl)cc2o1. The molecule has 0 radical (unpaired) electrons. The highest BCUT2D eigenvalue weighted by molar-refractivity contribution is 6.31. The summed E-state index contributed by atoms with van der Waals surface area (Å²) < 4.78 is 20.6. The van der Waals surface area contributed by atoms with E-state index in [0.717, 1.165) is 12.8 Å². The highest BCUT2D eigenvalue weighted by Crippen LogP contribution is 2.30. The van der Waals surface area contributed by atoms with Crippen LogP contribution in [0.15, 0.2) is 59.3 Å². The molecule has 1 saturated heterocycles. The second kappa shape index (κ2) is 9.38. The number of carbonyl (C=O) groups is 1. The van der Waals surface area contributed by atoms with Crippen LogP contribution in [0.25, 0.3) is 22.5 Å². The van der Waals surface area contributed by atoms with Crippen LogP contribution in [0.2, 0.25) is 5.02 Å². The molecule has 4 aromatic rings. The quantitative estimate of drug-likeness (QED) is 0.411. The summed E-state index contributed by atoms with van der Waals surface area (Å²) in [5.41, 5.74) is 1.66. The average Bonchev–Trinajstić information content (AvgIpc) is 3.25. The van der Waals surface area contributed by atoms with Crippen molar-refractivity contribution in [2.75, 3.05) is 18.4 Å². The number of oxazole rings is 1. The number of amides is 1. The molecule has 1 amide bonds. The van der Waals surface area contributed by atoms with E-state index in [0.29, 0.717) is 35.2 Å². The molecule has 9 heteroatoms. The Bertz CT molecular complexity index is 1330. The van der Waals surface area contributed by atoms with Crippen LogP contribution in [-0.4, -0.2) is 44.9 Å². The lowest BCUT2D eigenvalue weighted by Crippen LogP contribution is -2.51. The fourth-order valence-electron chi connectivity index (χ4n) is 4.49. The molecule has 0 aliphatic carbocycles. The Balaban J connectivity index is 1.42. The number of nitrogens with zero attached hydrogens (tertiary/aromatic N) is 4. The van der Waals surface area contributed by atoms with E-state index < -0.39 is 5.82 Å². The average molecular weight is 480 g/mol. The maximum absolute atomic E-state index is 14.8. The Morgan fingerprint density at radius 3 is 2.88 bits per heavy atom. The molecule has 2 aromatic heterocycles. The van der Waals surface area contributed by atoms with Gasteiger partial charge in [-0.1, -0.05) is 24.6 Å². The Morgan fingerprint density at radius 2 is 2.06 bits per heavy atom. The molecule has 0 spiro atoms. The molecular formula is C25H23ClFN5O2. The molecule has 0 saturated carbocycles. The summed E-state index contributed by atoms with van der Waals surface area (Å²) in [5.74, 6) is -0.352. The van der Waals surface area contributed by atoms with Gasteiger partial charge in [0.2, 0.25) is 0 Å². The molecule has 7 nitrogen and oxygen atoms in total. The number of hydrogen-bond donors (Lipinski definition) is 1. The van der Waals surface area contributed by atoms with Gasteiger partial charge in [-0.25, -0.2) is 14.4 Å². The summed E-state index contributed by atoms with van der Waals surface area (Å²) in [6.45, 7) is 3.13. The molecule has 2 atom stereocenters. The van der Waals surface area contributed by atoms with E-state index >= 15 is 0 Å². The maximum atomic E-state index is 14.8. The number of rotatable bonds is 5. The van der Waals surface area contributed by atoms with Crippen LogP contribution < -0.4 is 5.32 Å². The number of aromatic nitrogens is 3. The van der Waals surface area contributed by atoms with Crippen molar-refractivity contribution in [1.82, 2.24) is 19.9 Å². The minimum Gasteiger partial charge on any atom is -0.424 e. The first-order valence-corrected chi connectivity index (χ1v) is 11.6. The van der Waals surface area contributed by atoms with Crippen molar-refractivity contribution in [3.63, 3.8) is 0 Å². The smallest absolute Gasteiger partial charge is 0.295 e. The standard InChI is InChI=1S/C25H23ClFN5O2/c1-15-5-3-12-32(20(15)14-30-25-31-19-9-8-16(26)13-21(19)34-25)24(33)17-6-2-7-18(27)22(17)23-28-10-4-11-29-23/h2,4,6-11,13,15,20H,3,5,12,14H2,1H3,(H,30,31)/t15-,20-/m1/s1. The van der Waals surface area contributed by atoms with E-state index in [2.05, 4.69) is 27.2 Å². The van der Waals surface area contributed by atoms with Gasteiger partial charge in [-0.2, -0.15) is 4.98 Å². The highest BCUT2D eigenvalue weighted by Gasteiger charge is 2.34. The lowest BCUT2D eigenvalue weighted by atomic mass is 9.89. The van der Waals surface area contributed by atoms with Crippen LogP contribution in [0, 0.1) is 11.7 Å². The van der Waals surface area contributed by atoms with Gasteiger partial charge in [0.1, 0.15) is 11.3 Å². The third kappa shape index (κ3) is 4.33. The predicted octanol–water partition coefficient (Wildman–Crippen LogP) is 5.43. The number of likely N-dealkylation sites (tertiary alicyclic amines) is 1. The van der Waals surface area contributed by atoms with Crippen molar-refractivity contribution in [2.45, 2.75) is 25.8 Å². The fraction of sp³-hybridized carbons (Fsp3) is 0.280. The zero-order valence-electron chi connectivity index (χ0n) is 18.5. The van der Waals surface area contributed by atoms with Gasteiger partial charge in [-0.05, 0) is 49.1 Å². The Kier molecular flexibility index (Phi) is 6.15. The van der Waals surface area contributed by atoms with Gasteiger partial charge >= 0.3 is 0 Å². The number of piperidine rings is 1. The van der Waals surface area contributed by atoms with Gasteiger partial charge in [-0.15, -0.1) is 0 Å². The number of fused-ring (bicyclic) bond motifs is 1. The highest BCUT2D eigenvalue weighted by atomic mass is 35.5. The van der Waals surface area contributed by atoms with Gasteiger partial charge in [0.15, 0.2) is 11.4 Å². The van der Waals surface area contributed by atoms with Crippen molar-refractivity contribution in [2.24, 2.45) is 5.92 Å². The summed E-state index contributed by atoms with van der Waals surface area (Å²) >= 11 is 6.04. The van der Waals surface area contributed by atoms with E-state index in [-0.39, 0.29) is 34.8 Å². The number of hydrogen-bond acceptors (Lipinski definition) is 6. The Hall–Kier alpha value is -3.52. The van der Waals surface area contributed by atoms with Crippen molar-refractivity contribution < 1.29 is 13.6 Å². The molecule has 1 aliphatic rings. The molecule has 0 bridgehead atoms. The third-order valence-electron chi connectivity index (χ3n) is 6.22. The molecule has 1 N–H and O–H groups in total. The normalized spacial score (nSPS) is 18.3. The third-order valence-corrected chi connectivity index (χ3v) is 6.46. The number of carbonyl (C=O) groups excluding carboxylic acids is 1. The zero-order chi connectivity index (χ0) is 23.7. The van der Waals surface area contributed by atoms with Crippen LogP contribution in [0.5, 0.6) is 0 Å². The molecule has 2 aromatic carbocycles. The van der Waals surface area contributed by atoms with Crippen LogP contribution in [-0.2, 0) is 0 Å². The molecule has 1 aliphatic heterocycles. The van der Waals surface area contributed by atoms with E-state index in [4.69, 9.17) is 16.0 Å². The van der Waals surface area contributed by atoms with Crippen LogP contribution in [0.4, 0.5) is 10.4 Å². The predicted molar refractivity (Wildman–Crippen MR) is 128 cm³/mol. The van der Waals surface area contributed by atoms with E-state index in [9.17, 15) is 9.18 Å². The fourth-order valence-corrected chi connectivity index (χ4v) is 4.65. The number of halogens is 2. The number of benzene rings is 2. The molecule has 5 rings (SSSR count). The lowest BCUT2D eigenvalue weighted by molar-refractivity contribution is 0.0539. The number of nitrogens with one attached hydrogen (secondary N) is 1. The lowest BCUT2D eigenvalue weighted by Gasteiger charge is -2.40. The van der Waals surface area contributed by atoms with Gasteiger partial charge in [0, 0.05) is 36.6 Å². The monoisotopic (exact) mass is 479 g/mol. The molecule has 1 fully saturated rings. The first-order valence-electron chi connectivity index (χ1n) is 11.2. The topological polar surface area (TPSA) is 84.2 Å². The molecular weight excluding hydrogens is 457 g/mol. The molecule has 0 unspecified atom stereocenters. The molecule has 174 valence electrons. The van der Waals surface area contributed by atoms with Crippen LogP contribution >= 0.6 is 11.6 Å². The van der Waals surface area contributed by atoms with Crippen LogP contribution in [0.1, 0.15) is 30.1 Å². The largest absolute Gasteiger partial charge is 0.424 e.